The normalized spacial score (nSPS) is 17.9. The molecule has 0 aromatic heterocycles. The van der Waals surface area contributed by atoms with Crippen LogP contribution in [0.1, 0.15) is 97.1 Å². The van der Waals surface area contributed by atoms with Crippen LogP contribution < -0.4 is 19.3 Å². The molecule has 0 unspecified atom stereocenters. The number of benzene rings is 4. The molecule has 4 aliphatic rings. The first-order valence-electron chi connectivity index (χ1n) is 22.9. The minimum Gasteiger partial charge on any atom is -0.492 e. The molecule has 4 aliphatic heterocycles. The van der Waals surface area contributed by atoms with E-state index in [1.807, 2.05) is 81.4 Å². The first-order chi connectivity index (χ1) is 31.1. The Labute approximate surface area is 400 Å². The molecule has 0 atom stereocenters. The van der Waals surface area contributed by atoms with Crippen LogP contribution in [0.2, 0.25) is 10.0 Å². The van der Waals surface area contributed by atoms with Gasteiger partial charge >= 0.3 is 12.2 Å². The molecule has 0 bridgehead atoms. The average molecular weight is 946 g/mol. The summed E-state index contributed by atoms with van der Waals surface area (Å²) >= 11 is 12.9. The Morgan fingerprint density at radius 2 is 1.08 bits per heavy atom. The lowest BCUT2D eigenvalue weighted by atomic mass is 9.68. The quantitative estimate of drug-likeness (QED) is 0.183. The number of rotatable bonds is 8. The molecule has 356 valence electrons. The third-order valence-electron chi connectivity index (χ3n) is 12.7. The van der Waals surface area contributed by atoms with Crippen LogP contribution in [0, 0.1) is 0 Å². The molecule has 2 amide bonds. The molecule has 2 saturated heterocycles. The number of morpholine rings is 2. The number of nitrogens with zero attached hydrogens (tertiary/aromatic N) is 4. The molecule has 1 N–H and O–H groups in total. The molecule has 4 heterocycles. The predicted octanol–water partition coefficient (Wildman–Crippen LogP) is 11.6. The van der Waals surface area contributed by atoms with Gasteiger partial charge in [-0.3, -0.25) is 9.80 Å². The minimum atomic E-state index is -1.04. The maximum Gasteiger partial charge on any atom is 0.419 e. The molecule has 4 aromatic rings. The number of anilines is 4. The second-order valence-corrected chi connectivity index (χ2v) is 21.3. The molecule has 8 rings (SSSR count). The van der Waals surface area contributed by atoms with Crippen molar-refractivity contribution < 1.29 is 38.4 Å². The summed E-state index contributed by atoms with van der Waals surface area (Å²) in [5, 5.41) is 11.3. The van der Waals surface area contributed by atoms with Gasteiger partial charge < -0.3 is 28.8 Å². The van der Waals surface area contributed by atoms with E-state index >= 15 is 0 Å². The number of amides is 2. The van der Waals surface area contributed by atoms with Crippen LogP contribution in [0.25, 0.3) is 0 Å². The lowest BCUT2D eigenvalue weighted by molar-refractivity contribution is 0.0321. The molecule has 12 nitrogen and oxygen atoms in total. The fourth-order valence-corrected chi connectivity index (χ4v) is 9.73. The molecular formula is C52H66Cl2N4O8. The summed E-state index contributed by atoms with van der Waals surface area (Å²) in [7, 11) is 0. The summed E-state index contributed by atoms with van der Waals surface area (Å²) in [6.45, 7) is 30.0. The van der Waals surface area contributed by atoms with Crippen LogP contribution in [0.15, 0.2) is 66.7 Å². The highest BCUT2D eigenvalue weighted by Crippen LogP contribution is 2.54. The third-order valence-corrected chi connectivity index (χ3v) is 13.2. The first kappa shape index (κ1) is 49.3. The summed E-state index contributed by atoms with van der Waals surface area (Å²) in [4.78, 5) is 33.5. The first-order valence-corrected chi connectivity index (χ1v) is 23.7. The van der Waals surface area contributed by atoms with Crippen LogP contribution in [-0.4, -0.2) is 112 Å². The van der Waals surface area contributed by atoms with Crippen molar-refractivity contribution in [3.63, 3.8) is 0 Å². The summed E-state index contributed by atoms with van der Waals surface area (Å²) in [5.41, 5.74) is 6.22. The van der Waals surface area contributed by atoms with E-state index in [0.717, 1.165) is 111 Å². The zero-order valence-electron chi connectivity index (χ0n) is 40.2. The van der Waals surface area contributed by atoms with Crippen LogP contribution >= 0.6 is 23.2 Å². The Morgan fingerprint density at radius 1 is 0.621 bits per heavy atom. The zero-order chi connectivity index (χ0) is 47.8. The van der Waals surface area contributed by atoms with Crippen molar-refractivity contribution in [3.8, 4) is 11.5 Å². The lowest BCUT2D eigenvalue weighted by Gasteiger charge is -2.43. The molecule has 0 aliphatic carbocycles. The SMILES string of the molecule is CC(C)(C)OC(=O)N1c2cc(Cl)ccc2C(C)(C)c2ccc(OCCN3CCOCC3)cc21.CC(C)(C)c1cc(Cl)cc2c1C(C)(C)c1ccc(OCCN3CCOCC3)cc1N2C(=O)O. The van der Waals surface area contributed by atoms with Crippen molar-refractivity contribution in [1.29, 1.82) is 0 Å². The summed E-state index contributed by atoms with van der Waals surface area (Å²) in [6, 6.07) is 21.2. The van der Waals surface area contributed by atoms with Gasteiger partial charge in [-0.05, 0) is 90.4 Å². The van der Waals surface area contributed by atoms with Gasteiger partial charge in [0.1, 0.15) is 30.3 Å². The minimum absolute atomic E-state index is 0.198. The van der Waals surface area contributed by atoms with E-state index in [9.17, 15) is 14.7 Å². The number of ether oxygens (including phenoxy) is 5. The van der Waals surface area contributed by atoms with E-state index in [4.69, 9.17) is 46.9 Å². The fourth-order valence-electron chi connectivity index (χ4n) is 9.35. The maximum absolute atomic E-state index is 13.4. The number of carbonyl (C=O) groups is 2. The maximum atomic E-state index is 13.4. The van der Waals surface area contributed by atoms with Crippen LogP contribution in [0.4, 0.5) is 32.3 Å². The van der Waals surface area contributed by atoms with E-state index in [1.54, 1.807) is 11.0 Å². The number of hydrogen-bond donors (Lipinski definition) is 1. The van der Waals surface area contributed by atoms with Gasteiger partial charge in [0.05, 0.1) is 49.2 Å². The van der Waals surface area contributed by atoms with E-state index in [1.165, 1.54) is 4.90 Å². The van der Waals surface area contributed by atoms with Gasteiger partial charge in [0.15, 0.2) is 0 Å². The molecule has 0 radical (unpaired) electrons. The largest absolute Gasteiger partial charge is 0.492 e. The summed E-state index contributed by atoms with van der Waals surface area (Å²) in [5.74, 6) is 1.38. The van der Waals surface area contributed by atoms with Gasteiger partial charge in [-0.1, -0.05) is 89.9 Å². The molecule has 0 spiro atoms. The monoisotopic (exact) mass is 944 g/mol. The molecular weight excluding hydrogens is 879 g/mol. The highest BCUT2D eigenvalue weighted by molar-refractivity contribution is 6.31. The Kier molecular flexibility index (Phi) is 14.6. The molecule has 14 heteroatoms. The van der Waals surface area contributed by atoms with Gasteiger partial charge in [0, 0.05) is 72.3 Å². The van der Waals surface area contributed by atoms with Gasteiger partial charge in [0.2, 0.25) is 0 Å². The molecule has 2 fully saturated rings. The van der Waals surface area contributed by atoms with E-state index in [0.29, 0.717) is 40.4 Å². The summed E-state index contributed by atoms with van der Waals surface area (Å²) in [6.07, 6.45) is -1.48. The second kappa shape index (κ2) is 19.6. The lowest BCUT2D eigenvalue weighted by Crippen LogP contribution is -2.40. The zero-order valence-corrected chi connectivity index (χ0v) is 41.7. The number of hydrogen-bond acceptors (Lipinski definition) is 9. The van der Waals surface area contributed by atoms with Crippen molar-refractivity contribution in [3.05, 3.63) is 105 Å². The number of halogens is 2. The highest BCUT2D eigenvalue weighted by atomic mass is 35.5. The Bertz CT molecular complexity index is 2410. The standard InChI is InChI=1S/2C26H33ClN2O4/c1-25(2,3)33-24(30)29-22-16-18(27)6-8-20(22)26(4,5)21-9-7-19(17-23(21)29)32-15-12-28-10-13-31-14-11-28;1-25(2,3)20-14-17(27)15-22-23(20)26(4,5)19-7-6-18(16-21(19)29(22)24(30)31)33-13-10-28-8-11-32-12-9-28/h6-9,16-17H,10-15H2,1-5H3;6-7,14-16H,8-13H2,1-5H3,(H,30,31). The predicted molar refractivity (Wildman–Crippen MR) is 263 cm³/mol. The number of carbonyl (C=O) groups excluding carboxylic acids is 1. The van der Waals surface area contributed by atoms with Gasteiger partial charge in [-0.25, -0.2) is 19.4 Å². The third kappa shape index (κ3) is 10.7. The van der Waals surface area contributed by atoms with Crippen molar-refractivity contribution >= 4 is 58.1 Å². The highest BCUT2D eigenvalue weighted by Gasteiger charge is 2.43. The molecule has 66 heavy (non-hydrogen) atoms. The second-order valence-electron chi connectivity index (χ2n) is 20.4. The summed E-state index contributed by atoms with van der Waals surface area (Å²) < 4.78 is 28.7. The Morgan fingerprint density at radius 3 is 1.56 bits per heavy atom. The van der Waals surface area contributed by atoms with Crippen molar-refractivity contribution in [2.45, 2.75) is 91.1 Å². The topological polar surface area (TPSA) is 113 Å². The van der Waals surface area contributed by atoms with E-state index < -0.39 is 23.2 Å². The Balaban J connectivity index is 0.000000196. The van der Waals surface area contributed by atoms with Crippen molar-refractivity contribution in [1.82, 2.24) is 9.80 Å². The Hall–Kier alpha value is -4.56. The van der Waals surface area contributed by atoms with Gasteiger partial charge in [-0.2, -0.15) is 0 Å². The smallest absolute Gasteiger partial charge is 0.419 e. The fraction of sp³-hybridized carbons (Fsp3) is 0.500. The molecule has 0 saturated carbocycles. The number of carboxylic acid groups (broad SMARTS) is 1. The molecule has 4 aromatic carbocycles. The van der Waals surface area contributed by atoms with Crippen LogP contribution in [-0.2, 0) is 30.5 Å². The average Bonchev–Trinajstić information content (AvgIpc) is 3.23. The van der Waals surface area contributed by atoms with Crippen LogP contribution in [0.5, 0.6) is 11.5 Å². The van der Waals surface area contributed by atoms with Crippen molar-refractivity contribution in [2.24, 2.45) is 0 Å². The van der Waals surface area contributed by atoms with E-state index in [2.05, 4.69) is 58.3 Å². The van der Waals surface area contributed by atoms with E-state index in [-0.39, 0.29) is 10.8 Å². The van der Waals surface area contributed by atoms with Crippen molar-refractivity contribution in [2.75, 3.05) is 88.7 Å². The number of fused-ring (bicyclic) bond motifs is 4. The van der Waals surface area contributed by atoms with Gasteiger partial charge in [0.25, 0.3) is 0 Å². The van der Waals surface area contributed by atoms with Crippen LogP contribution in [0.3, 0.4) is 0 Å². The van der Waals surface area contributed by atoms with Gasteiger partial charge in [-0.15, -0.1) is 0 Å².